The zero-order valence-electron chi connectivity index (χ0n) is 15.5. The van der Waals surface area contributed by atoms with Crippen molar-refractivity contribution in [2.24, 2.45) is 5.14 Å². The van der Waals surface area contributed by atoms with Crippen molar-refractivity contribution in [2.45, 2.75) is 4.90 Å². The Morgan fingerprint density at radius 1 is 1.10 bits per heavy atom. The van der Waals surface area contributed by atoms with Gasteiger partial charge in [0.05, 0.1) is 18.1 Å². The molecule has 9 heteroatoms. The molecule has 3 rings (SSSR count). The van der Waals surface area contributed by atoms with Crippen LogP contribution in [0.2, 0.25) is 0 Å². The lowest BCUT2D eigenvalue weighted by atomic mass is 10.1. The molecule has 2 aromatic rings. The molecule has 1 saturated heterocycles. The summed E-state index contributed by atoms with van der Waals surface area (Å²) in [4.78, 5) is 14.5. The average molecular weight is 412 g/mol. The van der Waals surface area contributed by atoms with E-state index in [2.05, 4.69) is 10.2 Å². The van der Waals surface area contributed by atoms with Gasteiger partial charge in [-0.3, -0.25) is 4.79 Å². The maximum atomic E-state index is 12.4. The van der Waals surface area contributed by atoms with Crippen LogP contribution in [0.1, 0.15) is 5.56 Å². The molecule has 0 unspecified atom stereocenters. The lowest BCUT2D eigenvalue weighted by molar-refractivity contribution is -0.112. The summed E-state index contributed by atoms with van der Waals surface area (Å²) in [5.74, 6) is -0.590. The third kappa shape index (κ3) is 5.42. The molecule has 29 heavy (non-hydrogen) atoms. The number of nitrogens with zero attached hydrogens (tertiary/aromatic N) is 2. The van der Waals surface area contributed by atoms with E-state index >= 15 is 0 Å². The smallest absolute Gasteiger partial charge is 0.266 e. The van der Waals surface area contributed by atoms with E-state index in [1.165, 1.54) is 30.3 Å². The number of hydrogen-bond donors (Lipinski definition) is 2. The van der Waals surface area contributed by atoms with Crippen LogP contribution in [-0.4, -0.2) is 40.6 Å². The fourth-order valence-electron chi connectivity index (χ4n) is 2.84. The topological polar surface area (TPSA) is 126 Å². The number of nitrogens with two attached hydrogens (primary N) is 1. The standard InChI is InChI=1S/C20H20N4O4S/c21-14-16(20(25)23-17-3-7-19(8-4-17)29(22,26)27)13-15-1-5-18(6-2-15)24-9-11-28-12-10-24/h1-8,13H,9-12H2,(H,23,25)(H2,22,26,27)/b16-13+. The Morgan fingerprint density at radius 3 is 2.28 bits per heavy atom. The Kier molecular flexibility index (Phi) is 6.29. The molecular formula is C20H20N4O4S. The molecule has 0 radical (unpaired) electrons. The van der Waals surface area contributed by atoms with Crippen molar-refractivity contribution in [2.75, 3.05) is 36.5 Å². The normalized spacial score (nSPS) is 14.9. The van der Waals surface area contributed by atoms with E-state index in [4.69, 9.17) is 9.88 Å². The number of primary sulfonamides is 1. The summed E-state index contributed by atoms with van der Waals surface area (Å²) in [7, 11) is -3.81. The number of nitriles is 1. The van der Waals surface area contributed by atoms with Crippen molar-refractivity contribution in [1.29, 1.82) is 5.26 Å². The summed E-state index contributed by atoms with van der Waals surface area (Å²) in [5, 5.41) is 17.0. The maximum absolute atomic E-state index is 12.4. The monoisotopic (exact) mass is 412 g/mol. The summed E-state index contributed by atoms with van der Waals surface area (Å²) in [6, 6.07) is 14.8. The highest BCUT2D eigenvalue weighted by atomic mass is 32.2. The predicted octanol–water partition coefficient (Wildman–Crippen LogP) is 1.72. The van der Waals surface area contributed by atoms with Crippen LogP contribution in [0, 0.1) is 11.3 Å². The van der Waals surface area contributed by atoms with Gasteiger partial charge in [-0.2, -0.15) is 5.26 Å². The van der Waals surface area contributed by atoms with E-state index in [0.29, 0.717) is 18.9 Å². The van der Waals surface area contributed by atoms with Gasteiger partial charge in [-0.15, -0.1) is 0 Å². The maximum Gasteiger partial charge on any atom is 0.266 e. The van der Waals surface area contributed by atoms with Gasteiger partial charge in [0.25, 0.3) is 5.91 Å². The lowest BCUT2D eigenvalue weighted by Crippen LogP contribution is -2.36. The molecule has 0 aliphatic carbocycles. The van der Waals surface area contributed by atoms with E-state index in [1.807, 2.05) is 30.3 Å². The molecule has 1 amide bonds. The van der Waals surface area contributed by atoms with Crippen LogP contribution in [0.5, 0.6) is 0 Å². The molecule has 1 fully saturated rings. The highest BCUT2D eigenvalue weighted by molar-refractivity contribution is 7.89. The van der Waals surface area contributed by atoms with Crippen molar-refractivity contribution >= 4 is 33.4 Å². The quantitative estimate of drug-likeness (QED) is 0.569. The largest absolute Gasteiger partial charge is 0.378 e. The predicted molar refractivity (Wildman–Crippen MR) is 110 cm³/mol. The first kappa shape index (κ1) is 20.5. The first-order chi connectivity index (χ1) is 13.9. The van der Waals surface area contributed by atoms with Crippen molar-refractivity contribution in [3.8, 4) is 6.07 Å². The fourth-order valence-corrected chi connectivity index (χ4v) is 3.36. The second kappa shape index (κ2) is 8.87. The van der Waals surface area contributed by atoms with Gasteiger partial charge in [-0.1, -0.05) is 12.1 Å². The third-order valence-corrected chi connectivity index (χ3v) is 5.32. The number of amides is 1. The second-order valence-corrected chi connectivity index (χ2v) is 7.95. The number of benzene rings is 2. The minimum absolute atomic E-state index is 0.0631. The first-order valence-electron chi connectivity index (χ1n) is 8.85. The van der Waals surface area contributed by atoms with Crippen molar-refractivity contribution in [3.05, 3.63) is 59.7 Å². The van der Waals surface area contributed by atoms with Crippen LogP contribution in [0.3, 0.4) is 0 Å². The number of sulfonamides is 1. The lowest BCUT2D eigenvalue weighted by Gasteiger charge is -2.28. The van der Waals surface area contributed by atoms with Gasteiger partial charge in [0.15, 0.2) is 0 Å². The Balaban J connectivity index is 1.70. The van der Waals surface area contributed by atoms with Gasteiger partial charge in [-0.25, -0.2) is 13.6 Å². The van der Waals surface area contributed by atoms with Gasteiger partial charge >= 0.3 is 0 Å². The van der Waals surface area contributed by atoms with Crippen LogP contribution < -0.4 is 15.4 Å². The third-order valence-electron chi connectivity index (χ3n) is 4.39. The molecule has 0 aromatic heterocycles. The summed E-state index contributed by atoms with van der Waals surface area (Å²) in [5.41, 5.74) is 2.06. The molecule has 1 aliphatic heterocycles. The molecule has 0 saturated carbocycles. The Bertz CT molecular complexity index is 1050. The molecule has 3 N–H and O–H groups in total. The van der Waals surface area contributed by atoms with Gasteiger partial charge in [0.2, 0.25) is 10.0 Å². The highest BCUT2D eigenvalue weighted by Crippen LogP contribution is 2.19. The minimum atomic E-state index is -3.81. The number of carbonyl (C=O) groups excluding carboxylic acids is 1. The van der Waals surface area contributed by atoms with Crippen molar-refractivity contribution < 1.29 is 17.9 Å². The highest BCUT2D eigenvalue weighted by Gasteiger charge is 2.13. The molecule has 1 aliphatic rings. The van der Waals surface area contributed by atoms with Gasteiger partial charge in [-0.05, 0) is 48.0 Å². The van der Waals surface area contributed by atoms with Gasteiger partial charge in [0.1, 0.15) is 11.6 Å². The summed E-state index contributed by atoms with van der Waals surface area (Å²) >= 11 is 0. The molecule has 1 heterocycles. The number of anilines is 2. The van der Waals surface area contributed by atoms with Crippen molar-refractivity contribution in [1.82, 2.24) is 0 Å². The molecular weight excluding hydrogens is 392 g/mol. The van der Waals surface area contributed by atoms with Crippen LogP contribution in [0.15, 0.2) is 59.0 Å². The number of hydrogen-bond acceptors (Lipinski definition) is 6. The number of nitrogens with one attached hydrogen (secondary N) is 1. The van der Waals surface area contributed by atoms with E-state index in [9.17, 15) is 18.5 Å². The van der Waals surface area contributed by atoms with Gasteiger partial charge < -0.3 is 15.0 Å². The number of rotatable bonds is 5. The molecule has 0 atom stereocenters. The molecule has 2 aromatic carbocycles. The van der Waals surface area contributed by atoms with E-state index in [-0.39, 0.29) is 10.5 Å². The van der Waals surface area contributed by atoms with E-state index in [0.717, 1.165) is 24.3 Å². The van der Waals surface area contributed by atoms with Crippen LogP contribution in [0.4, 0.5) is 11.4 Å². The molecule has 0 spiro atoms. The van der Waals surface area contributed by atoms with Crippen LogP contribution >= 0.6 is 0 Å². The van der Waals surface area contributed by atoms with Crippen LogP contribution in [-0.2, 0) is 19.6 Å². The molecule has 0 bridgehead atoms. The Hall–Kier alpha value is -3.19. The average Bonchev–Trinajstić information content (AvgIpc) is 2.73. The SMILES string of the molecule is N#C/C(=C\c1ccc(N2CCOCC2)cc1)C(=O)Nc1ccc(S(N)(=O)=O)cc1. The Morgan fingerprint density at radius 2 is 1.72 bits per heavy atom. The fraction of sp³-hybridized carbons (Fsp3) is 0.200. The van der Waals surface area contributed by atoms with Gasteiger partial charge in [0, 0.05) is 24.5 Å². The number of morpholine rings is 1. The molecule has 150 valence electrons. The summed E-state index contributed by atoms with van der Waals surface area (Å²) in [6.07, 6.45) is 1.50. The van der Waals surface area contributed by atoms with E-state index < -0.39 is 15.9 Å². The summed E-state index contributed by atoms with van der Waals surface area (Å²) in [6.45, 7) is 3.04. The number of carbonyl (C=O) groups is 1. The minimum Gasteiger partial charge on any atom is -0.378 e. The molecule has 8 nitrogen and oxygen atoms in total. The van der Waals surface area contributed by atoms with Crippen molar-refractivity contribution in [3.63, 3.8) is 0 Å². The second-order valence-electron chi connectivity index (χ2n) is 6.38. The van der Waals surface area contributed by atoms with Crippen LogP contribution in [0.25, 0.3) is 6.08 Å². The van der Waals surface area contributed by atoms with E-state index in [1.54, 1.807) is 0 Å². The zero-order chi connectivity index (χ0) is 20.9. The Labute approximate surface area is 169 Å². The summed E-state index contributed by atoms with van der Waals surface area (Å²) < 4.78 is 27.9. The number of ether oxygens (including phenoxy) is 1. The first-order valence-corrected chi connectivity index (χ1v) is 10.4. The zero-order valence-corrected chi connectivity index (χ0v) is 16.4.